The number of rotatable bonds is 5. The van der Waals surface area contributed by atoms with E-state index < -0.39 is 0 Å². The van der Waals surface area contributed by atoms with Crippen LogP contribution < -0.4 is 5.32 Å². The molecule has 1 N–H and O–H groups in total. The Balaban J connectivity index is 1.72. The summed E-state index contributed by atoms with van der Waals surface area (Å²) in [7, 11) is 0. The highest BCUT2D eigenvalue weighted by atomic mass is 15.1. The maximum absolute atomic E-state index is 9.20. The van der Waals surface area contributed by atoms with Gasteiger partial charge >= 0.3 is 0 Å². The predicted molar refractivity (Wildman–Crippen MR) is 88.6 cm³/mol. The molecule has 0 spiro atoms. The molecule has 0 atom stereocenters. The number of nitriles is 1. The van der Waals surface area contributed by atoms with Crippen LogP contribution in [0.2, 0.25) is 0 Å². The van der Waals surface area contributed by atoms with E-state index >= 15 is 0 Å². The van der Waals surface area contributed by atoms with Crippen molar-refractivity contribution < 1.29 is 0 Å². The summed E-state index contributed by atoms with van der Waals surface area (Å²) < 4.78 is 0. The Bertz CT molecular complexity index is 824. The van der Waals surface area contributed by atoms with Gasteiger partial charge in [0, 0.05) is 36.6 Å². The van der Waals surface area contributed by atoms with Gasteiger partial charge in [0.15, 0.2) is 0 Å². The molecule has 3 aromatic rings. The first-order chi connectivity index (χ1) is 11.4. The Labute approximate surface area is 134 Å². The molecule has 0 unspecified atom stereocenters. The van der Waals surface area contributed by atoms with E-state index in [9.17, 15) is 5.26 Å². The molecule has 0 bridgehead atoms. The molecule has 0 aliphatic carbocycles. The minimum atomic E-state index is 0.547. The molecule has 5 nitrogen and oxygen atoms in total. The fourth-order valence-corrected chi connectivity index (χ4v) is 2.25. The van der Waals surface area contributed by atoms with Crippen molar-refractivity contribution in [3.63, 3.8) is 0 Å². The largest absolute Gasteiger partial charge is 0.354 e. The Morgan fingerprint density at radius 3 is 2.65 bits per heavy atom. The zero-order chi connectivity index (χ0) is 15.9. The highest BCUT2D eigenvalue weighted by Crippen LogP contribution is 2.21. The van der Waals surface area contributed by atoms with Gasteiger partial charge in [-0.25, -0.2) is 9.97 Å². The average Bonchev–Trinajstić information content (AvgIpc) is 2.63. The quantitative estimate of drug-likeness (QED) is 0.784. The summed E-state index contributed by atoms with van der Waals surface area (Å²) in [5.41, 5.74) is 3.17. The standard InChI is InChI=1S/C18H15N5/c19-13-14-5-1-2-7-16(14)17-9-12-22-18(23-17)21-11-8-15-6-3-4-10-20-15/h1-7,9-10,12H,8,11H2,(H,21,22,23). The van der Waals surface area contributed by atoms with Gasteiger partial charge in [0.2, 0.25) is 5.95 Å². The fourth-order valence-electron chi connectivity index (χ4n) is 2.25. The number of hydrogen-bond acceptors (Lipinski definition) is 5. The molecular formula is C18H15N5. The summed E-state index contributed by atoms with van der Waals surface area (Å²) in [4.78, 5) is 13.0. The van der Waals surface area contributed by atoms with Crippen molar-refractivity contribution >= 4 is 5.95 Å². The van der Waals surface area contributed by atoms with Crippen LogP contribution in [0.15, 0.2) is 60.9 Å². The zero-order valence-electron chi connectivity index (χ0n) is 12.5. The number of pyridine rings is 1. The van der Waals surface area contributed by atoms with Crippen molar-refractivity contribution in [2.75, 3.05) is 11.9 Å². The average molecular weight is 301 g/mol. The first-order valence-corrected chi connectivity index (χ1v) is 7.33. The van der Waals surface area contributed by atoms with Gasteiger partial charge in [-0.3, -0.25) is 4.98 Å². The first kappa shape index (κ1) is 14.7. The minimum Gasteiger partial charge on any atom is -0.354 e. The highest BCUT2D eigenvalue weighted by molar-refractivity contribution is 5.67. The van der Waals surface area contributed by atoms with E-state index in [0.717, 1.165) is 23.4 Å². The Morgan fingerprint density at radius 1 is 0.957 bits per heavy atom. The van der Waals surface area contributed by atoms with Gasteiger partial charge in [-0.1, -0.05) is 24.3 Å². The second-order valence-corrected chi connectivity index (χ2v) is 4.92. The van der Waals surface area contributed by atoms with Gasteiger partial charge in [-0.05, 0) is 24.3 Å². The number of nitrogens with zero attached hydrogens (tertiary/aromatic N) is 4. The summed E-state index contributed by atoms with van der Waals surface area (Å²) in [5.74, 6) is 0.547. The molecule has 112 valence electrons. The topological polar surface area (TPSA) is 74.5 Å². The van der Waals surface area contributed by atoms with Crippen LogP contribution in [0.3, 0.4) is 0 Å². The highest BCUT2D eigenvalue weighted by Gasteiger charge is 2.06. The summed E-state index contributed by atoms with van der Waals surface area (Å²) in [5, 5.41) is 12.4. The summed E-state index contributed by atoms with van der Waals surface area (Å²) in [6.45, 7) is 0.695. The van der Waals surface area contributed by atoms with E-state index in [0.29, 0.717) is 18.1 Å². The van der Waals surface area contributed by atoms with Crippen molar-refractivity contribution in [3.05, 3.63) is 72.2 Å². The van der Waals surface area contributed by atoms with Gasteiger partial charge in [0.05, 0.1) is 17.3 Å². The second kappa shape index (κ2) is 7.14. The van der Waals surface area contributed by atoms with Crippen molar-refractivity contribution in [1.82, 2.24) is 15.0 Å². The van der Waals surface area contributed by atoms with Crippen molar-refractivity contribution in [2.45, 2.75) is 6.42 Å². The van der Waals surface area contributed by atoms with E-state index in [-0.39, 0.29) is 0 Å². The van der Waals surface area contributed by atoms with E-state index in [1.165, 1.54) is 0 Å². The third kappa shape index (κ3) is 3.69. The number of nitrogens with one attached hydrogen (secondary N) is 1. The van der Waals surface area contributed by atoms with Crippen LogP contribution in [0.4, 0.5) is 5.95 Å². The second-order valence-electron chi connectivity index (χ2n) is 4.92. The van der Waals surface area contributed by atoms with Crippen molar-refractivity contribution in [3.8, 4) is 17.3 Å². The molecule has 0 amide bonds. The number of hydrogen-bond donors (Lipinski definition) is 1. The lowest BCUT2D eigenvalue weighted by atomic mass is 10.1. The molecule has 0 radical (unpaired) electrons. The van der Waals surface area contributed by atoms with Gasteiger partial charge in [-0.2, -0.15) is 5.26 Å². The molecule has 0 saturated heterocycles. The lowest BCUT2D eigenvalue weighted by Gasteiger charge is -2.07. The molecule has 5 heteroatoms. The summed E-state index contributed by atoms with van der Waals surface area (Å²) in [6.07, 6.45) is 4.27. The minimum absolute atomic E-state index is 0.547. The number of aromatic nitrogens is 3. The molecule has 0 aliphatic heterocycles. The predicted octanol–water partition coefficient (Wildman–Crippen LogP) is 3.06. The molecule has 3 rings (SSSR count). The van der Waals surface area contributed by atoms with E-state index in [4.69, 9.17) is 0 Å². The van der Waals surface area contributed by atoms with Gasteiger partial charge in [-0.15, -0.1) is 0 Å². The molecule has 1 aromatic carbocycles. The molecule has 2 aromatic heterocycles. The van der Waals surface area contributed by atoms with Crippen LogP contribution >= 0.6 is 0 Å². The normalized spacial score (nSPS) is 10.0. The van der Waals surface area contributed by atoms with Gasteiger partial charge < -0.3 is 5.32 Å². The maximum Gasteiger partial charge on any atom is 0.223 e. The van der Waals surface area contributed by atoms with Crippen LogP contribution in [-0.2, 0) is 6.42 Å². The summed E-state index contributed by atoms with van der Waals surface area (Å²) >= 11 is 0. The number of anilines is 1. The van der Waals surface area contributed by atoms with Crippen molar-refractivity contribution in [1.29, 1.82) is 5.26 Å². The van der Waals surface area contributed by atoms with Gasteiger partial charge in [0.25, 0.3) is 0 Å². The maximum atomic E-state index is 9.20. The third-order valence-corrected chi connectivity index (χ3v) is 3.37. The van der Waals surface area contributed by atoms with E-state index in [1.807, 2.05) is 36.4 Å². The lowest BCUT2D eigenvalue weighted by Crippen LogP contribution is -2.09. The Kier molecular flexibility index (Phi) is 4.55. The monoisotopic (exact) mass is 301 g/mol. The van der Waals surface area contributed by atoms with E-state index in [1.54, 1.807) is 24.5 Å². The SMILES string of the molecule is N#Cc1ccccc1-c1ccnc(NCCc2ccccn2)n1. The Hall–Kier alpha value is -3.26. The van der Waals surface area contributed by atoms with Crippen LogP contribution in [-0.4, -0.2) is 21.5 Å². The third-order valence-electron chi connectivity index (χ3n) is 3.37. The van der Waals surface area contributed by atoms with Crippen LogP contribution in [0, 0.1) is 11.3 Å². The van der Waals surface area contributed by atoms with Crippen LogP contribution in [0.1, 0.15) is 11.3 Å². The van der Waals surface area contributed by atoms with Crippen molar-refractivity contribution in [2.24, 2.45) is 0 Å². The van der Waals surface area contributed by atoms with Crippen LogP contribution in [0.25, 0.3) is 11.3 Å². The lowest BCUT2D eigenvalue weighted by molar-refractivity contribution is 0.942. The fraction of sp³-hybridized carbons (Fsp3) is 0.111. The smallest absolute Gasteiger partial charge is 0.223 e. The zero-order valence-corrected chi connectivity index (χ0v) is 12.5. The number of benzene rings is 1. The first-order valence-electron chi connectivity index (χ1n) is 7.33. The Morgan fingerprint density at radius 2 is 1.83 bits per heavy atom. The summed E-state index contributed by atoms with van der Waals surface area (Å²) in [6, 6.07) is 17.3. The molecule has 0 fully saturated rings. The molecule has 23 heavy (non-hydrogen) atoms. The van der Waals surface area contributed by atoms with Gasteiger partial charge in [0.1, 0.15) is 0 Å². The molecule has 0 saturated carbocycles. The molecule has 2 heterocycles. The molecular weight excluding hydrogens is 286 g/mol. The molecule has 0 aliphatic rings. The van der Waals surface area contributed by atoms with Crippen LogP contribution in [0.5, 0.6) is 0 Å². The van der Waals surface area contributed by atoms with E-state index in [2.05, 4.69) is 26.3 Å².